The van der Waals surface area contributed by atoms with Crippen LogP contribution in [0, 0.1) is 10.1 Å². The van der Waals surface area contributed by atoms with Gasteiger partial charge in [-0.05, 0) is 56.1 Å². The van der Waals surface area contributed by atoms with E-state index in [1.165, 1.54) is 24.5 Å². The lowest BCUT2D eigenvalue weighted by molar-refractivity contribution is -0.384. The number of benzene rings is 2. The Labute approximate surface area is 206 Å². The Morgan fingerprint density at radius 2 is 1.91 bits per heavy atom. The number of methoxy groups -OCH3 is 1. The Hall–Kier alpha value is -2.40. The lowest BCUT2D eigenvalue weighted by atomic mass is 10.1. The molecule has 2 N–H and O–H groups in total. The summed E-state index contributed by atoms with van der Waals surface area (Å²) in [5.41, 5.74) is 2.13. The van der Waals surface area contributed by atoms with Gasteiger partial charge >= 0.3 is 0 Å². The summed E-state index contributed by atoms with van der Waals surface area (Å²) in [5.74, 6) is 1.55. The molecule has 0 aliphatic carbocycles. The number of nitro benzene ring substituents is 1. The van der Waals surface area contributed by atoms with E-state index in [1.807, 2.05) is 25.1 Å². The summed E-state index contributed by atoms with van der Waals surface area (Å²) in [5, 5.41) is 17.7. The number of hydrogen-bond acceptors (Lipinski definition) is 5. The molecule has 0 spiro atoms. The SMILES string of the molecule is CCNC(=NCc1cccc([N+](=O)[O-])c1)NCC(c1ccc(OC)cc1)N1CCCC1.I. The van der Waals surface area contributed by atoms with E-state index in [-0.39, 0.29) is 40.6 Å². The predicted octanol–water partition coefficient (Wildman–Crippen LogP) is 4.11. The van der Waals surface area contributed by atoms with E-state index in [4.69, 9.17) is 4.74 Å². The number of non-ortho nitro benzene ring substituents is 1. The molecular formula is C23H32IN5O3. The van der Waals surface area contributed by atoms with Crippen LogP contribution in [-0.2, 0) is 6.54 Å². The van der Waals surface area contributed by atoms with Gasteiger partial charge < -0.3 is 15.4 Å². The van der Waals surface area contributed by atoms with E-state index in [2.05, 4.69) is 32.7 Å². The number of likely N-dealkylation sites (tertiary alicyclic amines) is 1. The van der Waals surface area contributed by atoms with Crippen LogP contribution in [0.5, 0.6) is 5.75 Å². The number of guanidine groups is 1. The first-order chi connectivity index (χ1) is 15.1. The van der Waals surface area contributed by atoms with E-state index >= 15 is 0 Å². The maximum atomic E-state index is 11.0. The number of aliphatic imine (C=N–C) groups is 1. The van der Waals surface area contributed by atoms with Crippen LogP contribution in [0.3, 0.4) is 0 Å². The van der Waals surface area contributed by atoms with Crippen LogP contribution in [0.2, 0.25) is 0 Å². The van der Waals surface area contributed by atoms with Crippen molar-refractivity contribution < 1.29 is 9.66 Å². The third-order valence-electron chi connectivity index (χ3n) is 5.43. The van der Waals surface area contributed by atoms with Crippen LogP contribution in [0.25, 0.3) is 0 Å². The Morgan fingerprint density at radius 1 is 1.19 bits per heavy atom. The molecule has 1 saturated heterocycles. The lowest BCUT2D eigenvalue weighted by Gasteiger charge is -2.29. The van der Waals surface area contributed by atoms with E-state index in [0.717, 1.165) is 30.9 Å². The summed E-state index contributed by atoms with van der Waals surface area (Å²) in [6.45, 7) is 6.00. The molecule has 1 aliphatic heterocycles. The van der Waals surface area contributed by atoms with Gasteiger partial charge in [0, 0.05) is 25.2 Å². The second-order valence-corrected chi connectivity index (χ2v) is 7.54. The topological polar surface area (TPSA) is 92.0 Å². The van der Waals surface area contributed by atoms with Crippen molar-refractivity contribution in [2.75, 3.05) is 33.3 Å². The van der Waals surface area contributed by atoms with Crippen molar-refractivity contribution in [1.82, 2.24) is 15.5 Å². The Kier molecular flexibility index (Phi) is 10.7. The van der Waals surface area contributed by atoms with Gasteiger partial charge in [0.05, 0.1) is 24.6 Å². The molecule has 9 heteroatoms. The Balaban J connectivity index is 0.00000363. The average molecular weight is 553 g/mol. The molecule has 0 bridgehead atoms. The number of nitrogens with one attached hydrogen (secondary N) is 2. The van der Waals surface area contributed by atoms with Gasteiger partial charge in [0.25, 0.3) is 5.69 Å². The van der Waals surface area contributed by atoms with Crippen molar-refractivity contribution in [3.05, 3.63) is 69.8 Å². The summed E-state index contributed by atoms with van der Waals surface area (Å²) in [6.07, 6.45) is 2.43. The van der Waals surface area contributed by atoms with Gasteiger partial charge in [0.1, 0.15) is 5.75 Å². The molecular weight excluding hydrogens is 521 g/mol. The molecule has 0 amide bonds. The van der Waals surface area contributed by atoms with E-state index in [1.54, 1.807) is 19.2 Å². The quantitative estimate of drug-likeness (QED) is 0.160. The second kappa shape index (κ2) is 13.2. The maximum Gasteiger partial charge on any atom is 0.269 e. The third-order valence-corrected chi connectivity index (χ3v) is 5.43. The first kappa shape index (κ1) is 25.9. The average Bonchev–Trinajstić information content (AvgIpc) is 3.32. The number of halogens is 1. The van der Waals surface area contributed by atoms with E-state index < -0.39 is 0 Å². The summed E-state index contributed by atoms with van der Waals surface area (Å²) in [6, 6.07) is 15.1. The van der Waals surface area contributed by atoms with Crippen LogP contribution in [-0.4, -0.2) is 49.1 Å². The van der Waals surface area contributed by atoms with Gasteiger partial charge in [-0.2, -0.15) is 0 Å². The predicted molar refractivity (Wildman–Crippen MR) is 138 cm³/mol. The molecule has 3 rings (SSSR count). The number of hydrogen-bond donors (Lipinski definition) is 2. The van der Waals surface area contributed by atoms with Gasteiger partial charge in [0.15, 0.2) is 5.96 Å². The number of nitrogens with zero attached hydrogens (tertiary/aromatic N) is 3. The van der Waals surface area contributed by atoms with Gasteiger partial charge in [-0.25, -0.2) is 4.99 Å². The summed E-state index contributed by atoms with van der Waals surface area (Å²) in [4.78, 5) is 17.8. The molecule has 1 atom stereocenters. The van der Waals surface area contributed by atoms with Crippen LogP contribution in [0.15, 0.2) is 53.5 Å². The van der Waals surface area contributed by atoms with Gasteiger partial charge in [-0.15, -0.1) is 24.0 Å². The first-order valence-electron chi connectivity index (χ1n) is 10.7. The summed E-state index contributed by atoms with van der Waals surface area (Å²) >= 11 is 0. The largest absolute Gasteiger partial charge is 0.497 e. The molecule has 1 fully saturated rings. The fraction of sp³-hybridized carbons (Fsp3) is 0.435. The zero-order valence-electron chi connectivity index (χ0n) is 18.6. The molecule has 0 aromatic heterocycles. The van der Waals surface area contributed by atoms with E-state index in [9.17, 15) is 10.1 Å². The van der Waals surface area contributed by atoms with Crippen molar-refractivity contribution in [3.63, 3.8) is 0 Å². The zero-order chi connectivity index (χ0) is 22.1. The smallest absolute Gasteiger partial charge is 0.269 e. The highest BCUT2D eigenvalue weighted by molar-refractivity contribution is 14.0. The molecule has 2 aromatic carbocycles. The molecule has 0 saturated carbocycles. The van der Waals surface area contributed by atoms with Crippen molar-refractivity contribution in [2.24, 2.45) is 4.99 Å². The molecule has 32 heavy (non-hydrogen) atoms. The molecule has 1 aliphatic rings. The van der Waals surface area contributed by atoms with Crippen molar-refractivity contribution in [2.45, 2.75) is 32.4 Å². The molecule has 2 aromatic rings. The first-order valence-corrected chi connectivity index (χ1v) is 10.7. The fourth-order valence-electron chi connectivity index (χ4n) is 3.81. The molecule has 8 nitrogen and oxygen atoms in total. The van der Waals surface area contributed by atoms with Crippen molar-refractivity contribution >= 4 is 35.6 Å². The molecule has 0 radical (unpaired) electrons. The Morgan fingerprint density at radius 3 is 2.53 bits per heavy atom. The highest BCUT2D eigenvalue weighted by atomic mass is 127. The maximum absolute atomic E-state index is 11.0. The van der Waals surface area contributed by atoms with Crippen molar-refractivity contribution in [1.29, 1.82) is 0 Å². The minimum Gasteiger partial charge on any atom is -0.497 e. The lowest BCUT2D eigenvalue weighted by Crippen LogP contribution is -2.42. The number of rotatable bonds is 9. The third kappa shape index (κ3) is 7.33. The zero-order valence-corrected chi connectivity index (χ0v) is 21.0. The minimum atomic E-state index is -0.383. The number of nitro groups is 1. The monoisotopic (exact) mass is 553 g/mol. The van der Waals surface area contributed by atoms with Gasteiger partial charge in [-0.1, -0.05) is 24.3 Å². The normalized spacial score (nSPS) is 15.0. The van der Waals surface area contributed by atoms with Crippen LogP contribution in [0.1, 0.15) is 36.9 Å². The van der Waals surface area contributed by atoms with Crippen LogP contribution in [0.4, 0.5) is 5.69 Å². The highest BCUT2D eigenvalue weighted by Gasteiger charge is 2.23. The highest BCUT2D eigenvalue weighted by Crippen LogP contribution is 2.26. The van der Waals surface area contributed by atoms with Crippen LogP contribution < -0.4 is 15.4 Å². The molecule has 1 heterocycles. The number of ether oxygens (including phenoxy) is 1. The fourth-order valence-corrected chi connectivity index (χ4v) is 3.81. The van der Waals surface area contributed by atoms with Crippen LogP contribution >= 0.6 is 24.0 Å². The molecule has 174 valence electrons. The van der Waals surface area contributed by atoms with Gasteiger partial charge in [0.2, 0.25) is 0 Å². The standard InChI is InChI=1S/C23H31N5O3.HI/c1-3-24-23(25-16-18-7-6-8-20(15-18)28(29)30)26-17-22(27-13-4-5-14-27)19-9-11-21(31-2)12-10-19;/h6-12,15,22H,3-5,13-14,16-17H2,1-2H3,(H2,24,25,26);1H. The van der Waals surface area contributed by atoms with E-state index in [0.29, 0.717) is 19.0 Å². The van der Waals surface area contributed by atoms with Crippen molar-refractivity contribution in [3.8, 4) is 5.75 Å². The van der Waals surface area contributed by atoms with Gasteiger partial charge in [-0.3, -0.25) is 15.0 Å². The summed E-state index contributed by atoms with van der Waals surface area (Å²) < 4.78 is 5.30. The molecule has 1 unspecified atom stereocenters. The minimum absolute atomic E-state index is 0. The summed E-state index contributed by atoms with van der Waals surface area (Å²) in [7, 11) is 1.68. The Bertz CT molecular complexity index is 885. The second-order valence-electron chi connectivity index (χ2n) is 7.54.